The number of aryl methyl sites for hydroxylation is 4. The molecule has 0 spiro atoms. The van der Waals surface area contributed by atoms with E-state index in [4.69, 9.17) is 9.47 Å². The van der Waals surface area contributed by atoms with Crippen LogP contribution < -0.4 is 0 Å². The quantitative estimate of drug-likeness (QED) is 0.291. The molecule has 0 saturated carbocycles. The van der Waals surface area contributed by atoms with Crippen LogP contribution in [0, 0.1) is 0 Å². The summed E-state index contributed by atoms with van der Waals surface area (Å²) in [6.45, 7) is 1.87. The summed E-state index contributed by atoms with van der Waals surface area (Å²) in [4.78, 5) is 0. The number of hydrogen-bond donors (Lipinski definition) is 0. The molecule has 4 aromatic rings. The molecule has 3 aliphatic rings. The van der Waals surface area contributed by atoms with Crippen LogP contribution in [0.3, 0.4) is 0 Å². The van der Waals surface area contributed by atoms with Gasteiger partial charge in [0.25, 0.3) is 0 Å². The highest BCUT2D eigenvalue weighted by Gasteiger charge is 2.25. The Hall–Kier alpha value is -2.68. The van der Waals surface area contributed by atoms with Crippen molar-refractivity contribution < 1.29 is 9.47 Å². The lowest BCUT2D eigenvalue weighted by Crippen LogP contribution is -2.02. The molecule has 4 aromatic carbocycles. The van der Waals surface area contributed by atoms with Crippen molar-refractivity contribution in [3.63, 3.8) is 0 Å². The van der Waals surface area contributed by atoms with E-state index in [-0.39, 0.29) is 0 Å². The Balaban J connectivity index is 1.47. The molecular weight excluding hydrogens is 416 g/mol. The molecule has 172 valence electrons. The van der Waals surface area contributed by atoms with Gasteiger partial charge in [0.1, 0.15) is 0 Å². The van der Waals surface area contributed by atoms with Crippen LogP contribution in [-0.2, 0) is 35.2 Å². The summed E-state index contributed by atoms with van der Waals surface area (Å²) in [5.41, 5.74) is 8.86. The molecule has 34 heavy (non-hydrogen) atoms. The Morgan fingerprint density at radius 3 is 2.15 bits per heavy atom. The molecule has 2 nitrogen and oxygen atoms in total. The second-order valence-electron chi connectivity index (χ2n) is 10.5. The van der Waals surface area contributed by atoms with Crippen molar-refractivity contribution in [3.8, 4) is 11.1 Å². The van der Waals surface area contributed by atoms with Crippen molar-refractivity contribution in [2.45, 2.75) is 63.6 Å². The number of hydrogen-bond acceptors (Lipinski definition) is 2. The molecule has 7 rings (SSSR count). The number of rotatable bonds is 6. The number of epoxide rings is 2. The maximum Gasteiger partial charge on any atom is 0.0813 e. The monoisotopic (exact) mass is 448 g/mol. The van der Waals surface area contributed by atoms with Gasteiger partial charge in [-0.1, -0.05) is 60.7 Å². The van der Waals surface area contributed by atoms with E-state index in [1.807, 2.05) is 0 Å². The van der Waals surface area contributed by atoms with Gasteiger partial charge in [0, 0.05) is 0 Å². The molecule has 2 saturated heterocycles. The van der Waals surface area contributed by atoms with Crippen LogP contribution in [0.15, 0.2) is 60.7 Å². The Morgan fingerprint density at radius 2 is 1.32 bits per heavy atom. The fourth-order valence-electron chi connectivity index (χ4n) is 5.90. The van der Waals surface area contributed by atoms with Crippen LogP contribution >= 0.6 is 0 Å². The fraction of sp³-hybridized carbons (Fsp3) is 0.375. The Morgan fingerprint density at radius 1 is 0.647 bits per heavy atom. The molecule has 2 unspecified atom stereocenters. The minimum atomic E-state index is 0.456. The average molecular weight is 449 g/mol. The van der Waals surface area contributed by atoms with E-state index in [0.29, 0.717) is 12.2 Å². The Kier molecular flexibility index (Phi) is 5.18. The van der Waals surface area contributed by atoms with Crippen LogP contribution in [0.4, 0.5) is 0 Å². The van der Waals surface area contributed by atoms with Crippen LogP contribution in [0.2, 0.25) is 0 Å². The average Bonchev–Trinajstić information content (AvgIpc) is 3.79. The van der Waals surface area contributed by atoms with Crippen LogP contribution in [-0.4, -0.2) is 25.4 Å². The first kappa shape index (κ1) is 20.7. The zero-order valence-electron chi connectivity index (χ0n) is 19.8. The van der Waals surface area contributed by atoms with E-state index < -0.39 is 0 Å². The second-order valence-corrected chi connectivity index (χ2v) is 10.5. The van der Waals surface area contributed by atoms with Gasteiger partial charge < -0.3 is 9.47 Å². The summed E-state index contributed by atoms with van der Waals surface area (Å²) >= 11 is 0. The van der Waals surface area contributed by atoms with E-state index in [9.17, 15) is 0 Å². The molecule has 2 atom stereocenters. The van der Waals surface area contributed by atoms with E-state index >= 15 is 0 Å². The molecule has 2 heterocycles. The van der Waals surface area contributed by atoms with Crippen molar-refractivity contribution in [2.24, 2.45) is 0 Å². The minimum Gasteiger partial charge on any atom is -0.373 e. The molecule has 2 aliphatic heterocycles. The highest BCUT2D eigenvalue weighted by molar-refractivity contribution is 6.08. The molecule has 0 amide bonds. The summed E-state index contributed by atoms with van der Waals surface area (Å²) in [6, 6.07) is 23.8. The first-order valence-corrected chi connectivity index (χ1v) is 13.1. The molecule has 1 aliphatic carbocycles. The first-order chi connectivity index (χ1) is 16.8. The lowest BCUT2D eigenvalue weighted by atomic mass is 9.82. The van der Waals surface area contributed by atoms with Gasteiger partial charge in [-0.2, -0.15) is 0 Å². The van der Waals surface area contributed by atoms with Gasteiger partial charge in [0.05, 0.1) is 25.4 Å². The van der Waals surface area contributed by atoms with Gasteiger partial charge in [-0.25, -0.2) is 0 Å². The van der Waals surface area contributed by atoms with E-state index in [2.05, 4.69) is 60.7 Å². The van der Waals surface area contributed by atoms with E-state index in [1.165, 1.54) is 74.2 Å². The molecule has 2 heteroatoms. The SMILES string of the molecule is c1cc2ccc(CCC3CO3)c3c2cc1CCCCc1ccc2ccc(CCC4CO4)cc2c1-3. The van der Waals surface area contributed by atoms with Gasteiger partial charge in [0.2, 0.25) is 0 Å². The first-order valence-electron chi connectivity index (χ1n) is 13.1. The van der Waals surface area contributed by atoms with Gasteiger partial charge in [-0.3, -0.25) is 0 Å². The summed E-state index contributed by atoms with van der Waals surface area (Å²) in [7, 11) is 0. The van der Waals surface area contributed by atoms with Crippen LogP contribution in [0.25, 0.3) is 32.7 Å². The summed E-state index contributed by atoms with van der Waals surface area (Å²) in [6.07, 6.45) is 10.2. The summed E-state index contributed by atoms with van der Waals surface area (Å²) in [5, 5.41) is 5.57. The van der Waals surface area contributed by atoms with Crippen molar-refractivity contribution in [3.05, 3.63) is 82.9 Å². The number of fused-ring (bicyclic) bond motifs is 5. The van der Waals surface area contributed by atoms with E-state index in [1.54, 1.807) is 0 Å². The topological polar surface area (TPSA) is 25.1 Å². The fourth-order valence-corrected chi connectivity index (χ4v) is 5.90. The van der Waals surface area contributed by atoms with Crippen LogP contribution in [0.1, 0.15) is 47.9 Å². The predicted molar refractivity (Wildman–Crippen MR) is 140 cm³/mol. The Bertz CT molecular complexity index is 1380. The third kappa shape index (κ3) is 4.04. The maximum atomic E-state index is 5.58. The molecule has 0 aromatic heterocycles. The van der Waals surface area contributed by atoms with Crippen molar-refractivity contribution in [1.29, 1.82) is 0 Å². The zero-order chi connectivity index (χ0) is 22.5. The third-order valence-corrected chi connectivity index (χ3v) is 8.05. The molecule has 2 fully saturated rings. The second kappa shape index (κ2) is 8.52. The predicted octanol–water partition coefficient (Wildman–Crippen LogP) is 7.20. The lowest BCUT2D eigenvalue weighted by Gasteiger charge is -2.21. The Labute approximate surface area is 201 Å². The highest BCUT2D eigenvalue weighted by Crippen LogP contribution is 2.42. The van der Waals surface area contributed by atoms with E-state index in [0.717, 1.165) is 45.3 Å². The normalized spacial score (nSPS) is 21.1. The number of ether oxygens (including phenoxy) is 2. The third-order valence-electron chi connectivity index (χ3n) is 8.05. The smallest absolute Gasteiger partial charge is 0.0813 e. The van der Waals surface area contributed by atoms with Crippen LogP contribution in [0.5, 0.6) is 0 Å². The molecule has 0 N–H and O–H groups in total. The van der Waals surface area contributed by atoms with Gasteiger partial charge >= 0.3 is 0 Å². The molecule has 2 bridgehead atoms. The van der Waals surface area contributed by atoms with Crippen molar-refractivity contribution in [1.82, 2.24) is 0 Å². The summed E-state index contributed by atoms with van der Waals surface area (Å²) < 4.78 is 11.1. The van der Waals surface area contributed by atoms with Crippen molar-refractivity contribution >= 4 is 21.5 Å². The van der Waals surface area contributed by atoms with Crippen molar-refractivity contribution in [2.75, 3.05) is 13.2 Å². The van der Waals surface area contributed by atoms with Gasteiger partial charge in [-0.15, -0.1) is 0 Å². The molecular formula is C32H32O2. The minimum absolute atomic E-state index is 0.456. The zero-order valence-corrected chi connectivity index (χ0v) is 19.8. The lowest BCUT2D eigenvalue weighted by molar-refractivity contribution is 0.396. The summed E-state index contributed by atoms with van der Waals surface area (Å²) in [5.74, 6) is 0. The highest BCUT2D eigenvalue weighted by atomic mass is 16.6. The van der Waals surface area contributed by atoms with Gasteiger partial charge in [-0.05, 0) is 106 Å². The van der Waals surface area contributed by atoms with Gasteiger partial charge in [0.15, 0.2) is 0 Å². The maximum absolute atomic E-state index is 5.58. The number of benzene rings is 4. The largest absolute Gasteiger partial charge is 0.373 e. The molecule has 0 radical (unpaired) electrons. The standard InChI is InChI=1S/C32H32O2/c1-2-4-25-12-10-24-9-6-22(7-15-27-19-33-27)18-30(24)31(25)32-26(14-16-28-20-34-28)13-11-23-8-5-21(3-1)17-29(23)32/h5-6,8-13,17-18,27-28H,1-4,7,14-16,19-20H2.